The minimum atomic E-state index is -0.393. The number of nitrogens with zero attached hydrogens (tertiary/aromatic N) is 2. The molecule has 0 aliphatic rings. The van der Waals surface area contributed by atoms with Gasteiger partial charge in [-0.3, -0.25) is 4.79 Å². The van der Waals surface area contributed by atoms with Gasteiger partial charge in [0, 0.05) is 11.1 Å². The molecule has 0 unspecified atom stereocenters. The third-order valence-electron chi connectivity index (χ3n) is 3.38. The van der Waals surface area contributed by atoms with E-state index in [9.17, 15) is 9.59 Å². The van der Waals surface area contributed by atoms with E-state index in [0.29, 0.717) is 17.9 Å². The summed E-state index contributed by atoms with van der Waals surface area (Å²) in [6.45, 7) is 2.06. The average Bonchev–Trinajstić information content (AvgIpc) is 2.62. The lowest BCUT2D eigenvalue weighted by atomic mass is 10.2. The molecule has 6 nitrogen and oxygen atoms in total. The molecule has 0 aliphatic carbocycles. The van der Waals surface area contributed by atoms with Crippen LogP contribution in [-0.2, 0) is 4.74 Å². The van der Waals surface area contributed by atoms with Crippen molar-refractivity contribution in [1.29, 1.82) is 0 Å². The van der Waals surface area contributed by atoms with Crippen molar-refractivity contribution in [3.63, 3.8) is 0 Å². The zero-order valence-corrected chi connectivity index (χ0v) is 13.0. The molecule has 6 heteroatoms. The lowest BCUT2D eigenvalue weighted by Crippen LogP contribution is -2.14. The highest BCUT2D eigenvalue weighted by Crippen LogP contribution is 2.14. The molecule has 1 aromatic heterocycles. The van der Waals surface area contributed by atoms with E-state index in [4.69, 9.17) is 4.74 Å². The Morgan fingerprint density at radius 2 is 1.79 bits per heavy atom. The van der Waals surface area contributed by atoms with Crippen molar-refractivity contribution in [3.05, 3.63) is 65.9 Å². The highest BCUT2D eigenvalue weighted by molar-refractivity contribution is 6.04. The minimum absolute atomic E-state index is 0.225. The van der Waals surface area contributed by atoms with E-state index in [1.807, 2.05) is 24.3 Å². The van der Waals surface area contributed by atoms with Crippen molar-refractivity contribution >= 4 is 28.5 Å². The average molecular weight is 321 g/mol. The quantitative estimate of drug-likeness (QED) is 0.747. The summed E-state index contributed by atoms with van der Waals surface area (Å²) in [4.78, 5) is 23.9. The van der Waals surface area contributed by atoms with E-state index >= 15 is 0 Å². The van der Waals surface area contributed by atoms with Gasteiger partial charge in [0.25, 0.3) is 5.91 Å². The van der Waals surface area contributed by atoms with Crippen LogP contribution in [-0.4, -0.2) is 28.7 Å². The monoisotopic (exact) mass is 321 g/mol. The second-order valence-electron chi connectivity index (χ2n) is 5.04. The molecule has 0 radical (unpaired) electrons. The van der Waals surface area contributed by atoms with Gasteiger partial charge in [-0.25, -0.2) is 4.79 Å². The van der Waals surface area contributed by atoms with Crippen LogP contribution in [0.25, 0.3) is 10.9 Å². The molecular formula is C18H15N3O3. The molecule has 0 saturated heterocycles. The fourth-order valence-electron chi connectivity index (χ4n) is 2.19. The SMILES string of the molecule is CCOC(=O)c1ccc(NC(=O)c2cc3ccccc3nn2)cc1. The first kappa shape index (κ1) is 15.6. The van der Waals surface area contributed by atoms with Crippen molar-refractivity contribution in [1.82, 2.24) is 10.2 Å². The van der Waals surface area contributed by atoms with Crippen LogP contribution < -0.4 is 5.32 Å². The molecule has 3 aromatic rings. The van der Waals surface area contributed by atoms with Gasteiger partial charge in [0.15, 0.2) is 5.69 Å². The molecular weight excluding hydrogens is 306 g/mol. The van der Waals surface area contributed by atoms with Crippen LogP contribution in [0.1, 0.15) is 27.8 Å². The second kappa shape index (κ2) is 6.87. The molecule has 1 amide bonds. The molecule has 120 valence electrons. The summed E-state index contributed by atoms with van der Waals surface area (Å²) in [7, 11) is 0. The number of hydrogen-bond acceptors (Lipinski definition) is 5. The van der Waals surface area contributed by atoms with E-state index in [1.54, 1.807) is 37.3 Å². The maximum atomic E-state index is 12.3. The van der Waals surface area contributed by atoms with Gasteiger partial charge in [0.2, 0.25) is 0 Å². The van der Waals surface area contributed by atoms with E-state index in [0.717, 1.165) is 10.9 Å². The van der Waals surface area contributed by atoms with Crippen LogP contribution in [0.3, 0.4) is 0 Å². The van der Waals surface area contributed by atoms with Crippen LogP contribution in [0.4, 0.5) is 5.69 Å². The number of hydrogen-bond donors (Lipinski definition) is 1. The molecule has 2 aromatic carbocycles. The van der Waals surface area contributed by atoms with E-state index in [-0.39, 0.29) is 11.6 Å². The Labute approximate surface area is 138 Å². The molecule has 0 aliphatic heterocycles. The van der Waals surface area contributed by atoms with Crippen molar-refractivity contribution < 1.29 is 14.3 Å². The largest absolute Gasteiger partial charge is 0.462 e. The van der Waals surface area contributed by atoms with Crippen molar-refractivity contribution in [2.75, 3.05) is 11.9 Å². The Kier molecular flexibility index (Phi) is 4.47. The number of carbonyl (C=O) groups is 2. The molecule has 0 atom stereocenters. The van der Waals surface area contributed by atoms with Gasteiger partial charge in [0.1, 0.15) is 0 Å². The molecule has 0 spiro atoms. The van der Waals surface area contributed by atoms with E-state index in [1.165, 1.54) is 0 Å². The highest BCUT2D eigenvalue weighted by atomic mass is 16.5. The Morgan fingerprint density at radius 1 is 1.04 bits per heavy atom. The zero-order valence-electron chi connectivity index (χ0n) is 13.0. The molecule has 24 heavy (non-hydrogen) atoms. The minimum Gasteiger partial charge on any atom is -0.462 e. The van der Waals surface area contributed by atoms with Crippen LogP contribution in [0.5, 0.6) is 0 Å². The second-order valence-corrected chi connectivity index (χ2v) is 5.04. The van der Waals surface area contributed by atoms with Crippen molar-refractivity contribution in [2.45, 2.75) is 6.92 Å². The summed E-state index contributed by atoms with van der Waals surface area (Å²) in [5.41, 5.74) is 1.94. The zero-order chi connectivity index (χ0) is 16.9. The first-order valence-corrected chi connectivity index (χ1v) is 7.48. The Bertz CT molecular complexity index is 891. The molecule has 0 saturated carbocycles. The summed E-state index contributed by atoms with van der Waals surface area (Å²) < 4.78 is 4.91. The van der Waals surface area contributed by atoms with E-state index in [2.05, 4.69) is 15.5 Å². The number of amides is 1. The number of anilines is 1. The number of benzene rings is 2. The Morgan fingerprint density at radius 3 is 2.54 bits per heavy atom. The highest BCUT2D eigenvalue weighted by Gasteiger charge is 2.11. The van der Waals surface area contributed by atoms with Gasteiger partial charge >= 0.3 is 5.97 Å². The summed E-state index contributed by atoms with van der Waals surface area (Å²) in [6, 6.07) is 15.6. The standard InChI is InChI=1S/C18H15N3O3/c1-2-24-18(23)12-7-9-14(10-8-12)19-17(22)16-11-13-5-3-4-6-15(13)20-21-16/h3-11H,2H2,1H3,(H,19,22). The number of rotatable bonds is 4. The fraction of sp³-hybridized carbons (Fsp3) is 0.111. The predicted molar refractivity (Wildman–Crippen MR) is 89.9 cm³/mol. The summed E-state index contributed by atoms with van der Waals surface area (Å²) in [5, 5.41) is 11.5. The van der Waals surface area contributed by atoms with Gasteiger partial charge in [-0.15, -0.1) is 10.2 Å². The molecule has 3 rings (SSSR count). The van der Waals surface area contributed by atoms with Crippen LogP contribution in [0.2, 0.25) is 0 Å². The normalized spacial score (nSPS) is 10.4. The van der Waals surface area contributed by atoms with E-state index < -0.39 is 5.97 Å². The third-order valence-corrected chi connectivity index (χ3v) is 3.38. The van der Waals surface area contributed by atoms with Crippen LogP contribution in [0.15, 0.2) is 54.6 Å². The van der Waals surface area contributed by atoms with Gasteiger partial charge in [-0.05, 0) is 43.3 Å². The Balaban J connectivity index is 1.74. The van der Waals surface area contributed by atoms with Gasteiger partial charge < -0.3 is 10.1 Å². The lowest BCUT2D eigenvalue weighted by Gasteiger charge is -2.06. The number of fused-ring (bicyclic) bond motifs is 1. The Hall–Kier alpha value is -3.28. The molecule has 1 heterocycles. The van der Waals surface area contributed by atoms with Gasteiger partial charge in [-0.1, -0.05) is 18.2 Å². The topological polar surface area (TPSA) is 81.2 Å². The molecule has 0 fully saturated rings. The number of nitrogens with one attached hydrogen (secondary N) is 1. The first-order chi connectivity index (χ1) is 11.7. The maximum Gasteiger partial charge on any atom is 0.338 e. The van der Waals surface area contributed by atoms with Crippen molar-refractivity contribution in [2.24, 2.45) is 0 Å². The van der Waals surface area contributed by atoms with Gasteiger partial charge in [-0.2, -0.15) is 0 Å². The van der Waals surface area contributed by atoms with Gasteiger partial charge in [0.05, 0.1) is 17.7 Å². The lowest BCUT2D eigenvalue weighted by molar-refractivity contribution is 0.0526. The summed E-state index contributed by atoms with van der Waals surface area (Å²) in [5.74, 6) is -0.757. The molecule has 0 bridgehead atoms. The smallest absolute Gasteiger partial charge is 0.338 e. The van der Waals surface area contributed by atoms with Crippen LogP contribution >= 0.6 is 0 Å². The molecule has 1 N–H and O–H groups in total. The number of esters is 1. The summed E-state index contributed by atoms with van der Waals surface area (Å²) in [6.07, 6.45) is 0. The van der Waals surface area contributed by atoms with Crippen LogP contribution in [0, 0.1) is 0 Å². The first-order valence-electron chi connectivity index (χ1n) is 7.48. The maximum absolute atomic E-state index is 12.3. The fourth-order valence-corrected chi connectivity index (χ4v) is 2.19. The summed E-state index contributed by atoms with van der Waals surface area (Å²) >= 11 is 0. The number of ether oxygens (including phenoxy) is 1. The predicted octanol–water partition coefficient (Wildman–Crippen LogP) is 3.06. The number of aromatic nitrogens is 2. The third kappa shape index (κ3) is 3.38. The number of carbonyl (C=O) groups excluding carboxylic acids is 2. The van der Waals surface area contributed by atoms with Crippen molar-refractivity contribution in [3.8, 4) is 0 Å².